The van der Waals surface area contributed by atoms with Gasteiger partial charge in [0.05, 0.1) is 19.6 Å². The molecule has 1 aliphatic rings. The standard InChI is InChI=1S/C20H25N3O3S/c1-14-12-15(7-8-17(14)23-9-3-4-10-23)21-20(25)22-16(13-19(24)26-2)18-6-5-11-27-18/h5-8,11-12,16H,3-4,9-10,13H2,1-2H3,(H2,21,22,25)/t16-/m1/s1. The molecule has 2 aromatic rings. The minimum absolute atomic E-state index is 0.0946. The number of benzene rings is 1. The summed E-state index contributed by atoms with van der Waals surface area (Å²) in [5, 5.41) is 7.66. The van der Waals surface area contributed by atoms with Crippen molar-refractivity contribution in [3.05, 3.63) is 46.2 Å². The molecule has 2 amide bonds. The topological polar surface area (TPSA) is 70.7 Å². The molecular weight excluding hydrogens is 362 g/mol. The zero-order valence-corrected chi connectivity index (χ0v) is 16.5. The van der Waals surface area contributed by atoms with Crippen molar-refractivity contribution in [2.24, 2.45) is 0 Å². The maximum atomic E-state index is 12.5. The fourth-order valence-electron chi connectivity index (χ4n) is 3.33. The van der Waals surface area contributed by atoms with E-state index >= 15 is 0 Å². The molecule has 2 N–H and O–H groups in total. The second-order valence-electron chi connectivity index (χ2n) is 6.64. The fraction of sp³-hybridized carbons (Fsp3) is 0.400. The van der Waals surface area contributed by atoms with Gasteiger partial charge in [-0.2, -0.15) is 0 Å². The number of nitrogens with one attached hydrogen (secondary N) is 2. The Morgan fingerprint density at radius 3 is 2.67 bits per heavy atom. The van der Waals surface area contributed by atoms with Gasteiger partial charge in [-0.1, -0.05) is 6.07 Å². The first-order valence-corrected chi connectivity index (χ1v) is 9.98. The van der Waals surface area contributed by atoms with Crippen LogP contribution in [0.1, 0.15) is 35.7 Å². The number of nitrogens with zero attached hydrogens (tertiary/aromatic N) is 1. The molecule has 2 heterocycles. The van der Waals surface area contributed by atoms with E-state index in [1.807, 2.05) is 29.6 Å². The third-order valence-electron chi connectivity index (χ3n) is 4.69. The van der Waals surface area contributed by atoms with E-state index in [2.05, 4.69) is 28.5 Å². The highest BCUT2D eigenvalue weighted by Crippen LogP contribution is 2.27. The first kappa shape index (κ1) is 19.2. The molecule has 1 aromatic carbocycles. The largest absolute Gasteiger partial charge is 0.469 e. The molecular formula is C20H25N3O3S. The van der Waals surface area contributed by atoms with Gasteiger partial charge >= 0.3 is 12.0 Å². The predicted molar refractivity (Wildman–Crippen MR) is 108 cm³/mol. The molecule has 7 heteroatoms. The van der Waals surface area contributed by atoms with Crippen LogP contribution in [-0.4, -0.2) is 32.2 Å². The third-order valence-corrected chi connectivity index (χ3v) is 5.68. The van der Waals surface area contributed by atoms with Crippen LogP contribution in [0.15, 0.2) is 35.7 Å². The van der Waals surface area contributed by atoms with E-state index in [4.69, 9.17) is 4.74 Å². The minimum Gasteiger partial charge on any atom is -0.469 e. The summed E-state index contributed by atoms with van der Waals surface area (Å²) in [6, 6.07) is 8.99. The van der Waals surface area contributed by atoms with E-state index in [9.17, 15) is 9.59 Å². The minimum atomic E-state index is -0.414. The number of hydrogen-bond donors (Lipinski definition) is 2. The Morgan fingerprint density at radius 1 is 1.26 bits per heavy atom. The van der Waals surface area contributed by atoms with E-state index < -0.39 is 6.04 Å². The molecule has 1 saturated heterocycles. The molecule has 0 spiro atoms. The Morgan fingerprint density at radius 2 is 2.04 bits per heavy atom. The van der Waals surface area contributed by atoms with Crippen LogP contribution in [0.25, 0.3) is 0 Å². The van der Waals surface area contributed by atoms with Gasteiger partial charge in [0, 0.05) is 29.3 Å². The number of hydrogen-bond acceptors (Lipinski definition) is 5. The Bertz CT molecular complexity index is 786. The van der Waals surface area contributed by atoms with Gasteiger partial charge in [-0.05, 0) is 55.0 Å². The summed E-state index contributed by atoms with van der Waals surface area (Å²) in [4.78, 5) is 27.4. The molecule has 1 aromatic heterocycles. The number of carbonyl (C=O) groups excluding carboxylic acids is 2. The maximum Gasteiger partial charge on any atom is 0.319 e. The van der Waals surface area contributed by atoms with Crippen molar-refractivity contribution in [2.75, 3.05) is 30.4 Å². The van der Waals surface area contributed by atoms with Gasteiger partial charge in [-0.25, -0.2) is 4.79 Å². The van der Waals surface area contributed by atoms with E-state index in [0.29, 0.717) is 0 Å². The van der Waals surface area contributed by atoms with Crippen LogP contribution >= 0.6 is 11.3 Å². The Hall–Kier alpha value is -2.54. The molecule has 27 heavy (non-hydrogen) atoms. The molecule has 0 aliphatic carbocycles. The van der Waals surface area contributed by atoms with Gasteiger partial charge in [0.25, 0.3) is 0 Å². The second-order valence-corrected chi connectivity index (χ2v) is 7.62. The van der Waals surface area contributed by atoms with E-state index in [1.54, 1.807) is 0 Å². The van der Waals surface area contributed by atoms with Gasteiger partial charge in [0.2, 0.25) is 0 Å². The highest BCUT2D eigenvalue weighted by atomic mass is 32.1. The molecule has 0 bridgehead atoms. The van der Waals surface area contributed by atoms with Crippen molar-refractivity contribution in [1.29, 1.82) is 0 Å². The van der Waals surface area contributed by atoms with Gasteiger partial charge in [0.1, 0.15) is 0 Å². The average Bonchev–Trinajstić information content (AvgIpc) is 3.35. The second kappa shape index (κ2) is 8.90. The van der Waals surface area contributed by atoms with Crippen LogP contribution in [0.3, 0.4) is 0 Å². The van der Waals surface area contributed by atoms with Crippen LogP contribution in [0.4, 0.5) is 16.2 Å². The smallest absolute Gasteiger partial charge is 0.319 e. The SMILES string of the molecule is COC(=O)C[C@@H](NC(=O)Nc1ccc(N2CCCC2)c(C)c1)c1cccs1. The quantitative estimate of drug-likeness (QED) is 0.733. The van der Waals surface area contributed by atoms with Crippen LogP contribution in [0.2, 0.25) is 0 Å². The third kappa shape index (κ3) is 5.01. The molecule has 1 atom stereocenters. The van der Waals surface area contributed by atoms with Crippen molar-refractivity contribution in [1.82, 2.24) is 5.32 Å². The number of amides is 2. The Kier molecular flexibility index (Phi) is 6.34. The zero-order valence-electron chi connectivity index (χ0n) is 15.7. The summed E-state index contributed by atoms with van der Waals surface area (Å²) in [7, 11) is 1.35. The fourth-order valence-corrected chi connectivity index (χ4v) is 4.11. The summed E-state index contributed by atoms with van der Waals surface area (Å²) >= 11 is 1.49. The number of rotatable bonds is 6. The molecule has 144 valence electrons. The molecule has 0 unspecified atom stereocenters. The molecule has 1 aliphatic heterocycles. The normalized spacial score (nSPS) is 14.7. The van der Waals surface area contributed by atoms with Crippen molar-refractivity contribution < 1.29 is 14.3 Å². The predicted octanol–water partition coefficient (Wildman–Crippen LogP) is 4.08. The summed E-state index contributed by atoms with van der Waals surface area (Å²) in [5.74, 6) is -0.362. The van der Waals surface area contributed by atoms with Gasteiger partial charge < -0.3 is 20.3 Å². The number of esters is 1. The lowest BCUT2D eigenvalue weighted by Crippen LogP contribution is -2.33. The molecule has 3 rings (SSSR count). The van der Waals surface area contributed by atoms with E-state index in [1.165, 1.54) is 37.0 Å². The summed E-state index contributed by atoms with van der Waals surface area (Å²) in [6.07, 6.45) is 2.55. The monoisotopic (exact) mass is 387 g/mol. The highest BCUT2D eigenvalue weighted by molar-refractivity contribution is 7.10. The lowest BCUT2D eigenvalue weighted by Gasteiger charge is -2.21. The highest BCUT2D eigenvalue weighted by Gasteiger charge is 2.20. The number of urea groups is 1. The number of thiophene rings is 1. The number of aryl methyl sites for hydroxylation is 1. The molecule has 6 nitrogen and oxygen atoms in total. The van der Waals surface area contributed by atoms with Crippen LogP contribution in [0.5, 0.6) is 0 Å². The lowest BCUT2D eigenvalue weighted by atomic mass is 10.1. The van der Waals surface area contributed by atoms with Gasteiger partial charge in [-0.3, -0.25) is 4.79 Å². The van der Waals surface area contributed by atoms with Crippen LogP contribution in [-0.2, 0) is 9.53 Å². The summed E-state index contributed by atoms with van der Waals surface area (Å²) < 4.78 is 4.75. The number of ether oxygens (including phenoxy) is 1. The first-order chi connectivity index (χ1) is 13.1. The van der Waals surface area contributed by atoms with Gasteiger partial charge in [-0.15, -0.1) is 11.3 Å². The van der Waals surface area contributed by atoms with Crippen molar-refractivity contribution in [3.63, 3.8) is 0 Å². The molecule has 1 fully saturated rings. The van der Waals surface area contributed by atoms with E-state index in [-0.39, 0.29) is 18.4 Å². The summed E-state index contributed by atoms with van der Waals surface area (Å²) in [5.41, 5.74) is 3.09. The summed E-state index contributed by atoms with van der Waals surface area (Å²) in [6.45, 7) is 4.23. The maximum absolute atomic E-state index is 12.5. The number of carbonyl (C=O) groups is 2. The van der Waals surface area contributed by atoms with Crippen molar-refractivity contribution >= 4 is 34.7 Å². The first-order valence-electron chi connectivity index (χ1n) is 9.10. The average molecular weight is 388 g/mol. The Balaban J connectivity index is 1.64. The van der Waals surface area contributed by atoms with Crippen LogP contribution < -0.4 is 15.5 Å². The zero-order chi connectivity index (χ0) is 19.2. The van der Waals surface area contributed by atoms with Crippen molar-refractivity contribution in [2.45, 2.75) is 32.2 Å². The Labute approximate surface area is 163 Å². The number of methoxy groups -OCH3 is 1. The lowest BCUT2D eigenvalue weighted by molar-refractivity contribution is -0.141. The molecule has 0 radical (unpaired) electrons. The van der Waals surface area contributed by atoms with E-state index in [0.717, 1.165) is 29.2 Å². The van der Waals surface area contributed by atoms with Crippen LogP contribution in [0, 0.1) is 6.92 Å². The molecule has 0 saturated carbocycles. The van der Waals surface area contributed by atoms with Crippen molar-refractivity contribution in [3.8, 4) is 0 Å². The van der Waals surface area contributed by atoms with Gasteiger partial charge in [0.15, 0.2) is 0 Å². The number of anilines is 2.